The van der Waals surface area contributed by atoms with Crippen LogP contribution in [-0.2, 0) is 0 Å². The molecule has 1 amide bonds. The second-order valence-electron chi connectivity index (χ2n) is 6.52. The Morgan fingerprint density at radius 3 is 2.59 bits per heavy atom. The number of carbonyl (C=O) groups excluding carboxylic acids is 1. The fourth-order valence-electron chi connectivity index (χ4n) is 2.10. The van der Waals surface area contributed by atoms with Gasteiger partial charge in [-0.3, -0.25) is 9.48 Å². The predicted octanol–water partition coefficient (Wildman–Crippen LogP) is 3.82. The molecule has 0 saturated heterocycles. The smallest absolute Gasteiger partial charge is 0.251 e. The Labute approximate surface area is 139 Å². The number of hydrogen-bond acceptors (Lipinski definition) is 3. The van der Waals surface area contributed by atoms with Crippen molar-refractivity contribution in [3.8, 4) is 11.4 Å². The number of rotatable bonds is 3. The molecule has 0 aliphatic heterocycles. The maximum atomic E-state index is 12.4. The average Bonchev–Trinajstić information content (AvgIpc) is 2.85. The Balaban J connectivity index is 2.43. The van der Waals surface area contributed by atoms with Gasteiger partial charge in [0.2, 0.25) is 0 Å². The lowest BCUT2D eigenvalue weighted by Gasteiger charge is -2.20. The highest BCUT2D eigenvalue weighted by Crippen LogP contribution is 2.24. The number of nitrogens with zero attached hydrogens (tertiary/aromatic N) is 3. The molecule has 0 atom stereocenters. The minimum absolute atomic E-state index is 0.118. The maximum Gasteiger partial charge on any atom is 0.251 e. The Kier molecular flexibility index (Phi) is 4.70. The molecular weight excluding hydrogens is 344 g/mol. The van der Waals surface area contributed by atoms with E-state index in [4.69, 9.17) is 0 Å². The predicted molar refractivity (Wildman–Crippen MR) is 90.8 cm³/mol. The minimum Gasteiger partial charge on any atom is -0.347 e. The van der Waals surface area contributed by atoms with Gasteiger partial charge in [-0.1, -0.05) is 0 Å². The van der Waals surface area contributed by atoms with E-state index < -0.39 is 0 Å². The van der Waals surface area contributed by atoms with Crippen LogP contribution in [0.25, 0.3) is 11.4 Å². The summed E-state index contributed by atoms with van der Waals surface area (Å²) in [5, 5.41) is 7.28. The van der Waals surface area contributed by atoms with E-state index >= 15 is 0 Å². The summed E-state index contributed by atoms with van der Waals surface area (Å²) >= 11 is 3.39. The van der Waals surface area contributed by atoms with Gasteiger partial charge in [0, 0.05) is 23.3 Å². The molecule has 2 heterocycles. The van der Waals surface area contributed by atoms with Crippen molar-refractivity contribution in [3.63, 3.8) is 0 Å². The maximum absolute atomic E-state index is 12.4. The SMILES string of the molecule is CC(C)n1nccc1-c1cc(C(=O)NC(C)(C)C)cc(Br)n1. The van der Waals surface area contributed by atoms with E-state index in [1.165, 1.54) is 0 Å². The summed E-state index contributed by atoms with van der Waals surface area (Å²) in [5.74, 6) is -0.118. The van der Waals surface area contributed by atoms with Gasteiger partial charge in [-0.25, -0.2) is 4.98 Å². The molecule has 2 rings (SSSR count). The Morgan fingerprint density at radius 1 is 1.32 bits per heavy atom. The van der Waals surface area contributed by atoms with Gasteiger partial charge >= 0.3 is 0 Å². The van der Waals surface area contributed by atoms with Crippen molar-refractivity contribution >= 4 is 21.8 Å². The van der Waals surface area contributed by atoms with Gasteiger partial charge in [0.05, 0.1) is 11.4 Å². The fraction of sp³-hybridized carbons (Fsp3) is 0.438. The Hall–Kier alpha value is -1.69. The zero-order valence-electron chi connectivity index (χ0n) is 13.5. The quantitative estimate of drug-likeness (QED) is 0.842. The minimum atomic E-state index is -0.285. The number of nitrogens with one attached hydrogen (secondary N) is 1. The molecule has 2 aromatic rings. The van der Waals surface area contributed by atoms with Crippen LogP contribution in [0.5, 0.6) is 0 Å². The van der Waals surface area contributed by atoms with Crippen molar-refractivity contribution in [1.82, 2.24) is 20.1 Å². The van der Waals surface area contributed by atoms with Gasteiger partial charge in [0.15, 0.2) is 0 Å². The van der Waals surface area contributed by atoms with Crippen LogP contribution in [0, 0.1) is 0 Å². The second kappa shape index (κ2) is 6.20. The van der Waals surface area contributed by atoms with Gasteiger partial charge in [-0.15, -0.1) is 0 Å². The van der Waals surface area contributed by atoms with Crippen LogP contribution in [0.2, 0.25) is 0 Å². The van der Waals surface area contributed by atoms with Crippen LogP contribution in [0.4, 0.5) is 0 Å². The van der Waals surface area contributed by atoms with Crippen molar-refractivity contribution in [2.24, 2.45) is 0 Å². The average molecular weight is 365 g/mol. The standard InChI is InChI=1S/C16H21BrN4O/c1-10(2)21-13(6-7-18-21)12-8-11(9-14(17)19-12)15(22)20-16(3,4)5/h6-10H,1-5H3,(H,20,22). The normalized spacial score (nSPS) is 11.8. The summed E-state index contributed by atoms with van der Waals surface area (Å²) in [4.78, 5) is 16.8. The van der Waals surface area contributed by atoms with Crippen molar-refractivity contribution in [3.05, 3.63) is 34.6 Å². The monoisotopic (exact) mass is 364 g/mol. The first-order valence-corrected chi connectivity index (χ1v) is 8.00. The molecule has 2 aromatic heterocycles. The van der Waals surface area contributed by atoms with Crippen molar-refractivity contribution in [2.45, 2.75) is 46.2 Å². The molecule has 1 N–H and O–H groups in total. The lowest BCUT2D eigenvalue weighted by molar-refractivity contribution is 0.0919. The molecule has 0 spiro atoms. The van der Waals surface area contributed by atoms with Crippen LogP contribution in [0.1, 0.15) is 51.0 Å². The summed E-state index contributed by atoms with van der Waals surface area (Å²) in [5.41, 5.74) is 1.90. The van der Waals surface area contributed by atoms with Crippen molar-refractivity contribution in [1.29, 1.82) is 0 Å². The van der Waals surface area contributed by atoms with Crippen molar-refractivity contribution < 1.29 is 4.79 Å². The first-order chi connectivity index (χ1) is 10.2. The van der Waals surface area contributed by atoms with Crippen LogP contribution in [0.15, 0.2) is 29.0 Å². The lowest BCUT2D eigenvalue weighted by Crippen LogP contribution is -2.40. The molecule has 0 aliphatic carbocycles. The summed E-state index contributed by atoms with van der Waals surface area (Å²) in [6, 6.07) is 5.64. The van der Waals surface area contributed by atoms with Gasteiger partial charge in [-0.2, -0.15) is 5.10 Å². The Bertz CT molecular complexity index is 686. The van der Waals surface area contributed by atoms with Crippen molar-refractivity contribution in [2.75, 3.05) is 0 Å². The number of halogens is 1. The third kappa shape index (κ3) is 3.94. The topological polar surface area (TPSA) is 59.8 Å². The van der Waals surface area contributed by atoms with E-state index in [0.717, 1.165) is 11.4 Å². The first-order valence-electron chi connectivity index (χ1n) is 7.21. The molecule has 0 saturated carbocycles. The first kappa shape index (κ1) is 16.7. The largest absolute Gasteiger partial charge is 0.347 e. The van der Waals surface area contributed by atoms with E-state index in [1.54, 1.807) is 18.3 Å². The van der Waals surface area contributed by atoms with Gasteiger partial charge < -0.3 is 5.32 Å². The van der Waals surface area contributed by atoms with E-state index in [-0.39, 0.29) is 17.5 Å². The highest BCUT2D eigenvalue weighted by atomic mass is 79.9. The molecule has 0 aromatic carbocycles. The van der Waals surface area contributed by atoms with E-state index in [2.05, 4.69) is 45.2 Å². The number of aromatic nitrogens is 3. The molecule has 0 aliphatic rings. The second-order valence-corrected chi connectivity index (χ2v) is 7.34. The van der Waals surface area contributed by atoms with Crippen LogP contribution >= 0.6 is 15.9 Å². The number of pyridine rings is 1. The lowest BCUT2D eigenvalue weighted by atomic mass is 10.1. The zero-order chi connectivity index (χ0) is 16.5. The highest BCUT2D eigenvalue weighted by Gasteiger charge is 2.18. The van der Waals surface area contributed by atoms with Gasteiger partial charge in [0.25, 0.3) is 5.91 Å². The molecular formula is C16H21BrN4O. The highest BCUT2D eigenvalue weighted by molar-refractivity contribution is 9.10. The molecule has 22 heavy (non-hydrogen) atoms. The van der Waals surface area contributed by atoms with E-state index in [9.17, 15) is 4.79 Å². The summed E-state index contributed by atoms with van der Waals surface area (Å²) in [6.45, 7) is 9.98. The Morgan fingerprint density at radius 2 is 2.00 bits per heavy atom. The summed E-state index contributed by atoms with van der Waals surface area (Å²) in [7, 11) is 0. The van der Waals surface area contributed by atoms with Gasteiger partial charge in [0.1, 0.15) is 4.60 Å². The zero-order valence-corrected chi connectivity index (χ0v) is 15.1. The summed E-state index contributed by atoms with van der Waals surface area (Å²) < 4.78 is 2.51. The molecule has 0 unspecified atom stereocenters. The van der Waals surface area contributed by atoms with Crippen LogP contribution in [-0.4, -0.2) is 26.2 Å². The number of carbonyl (C=O) groups is 1. The third-order valence-electron chi connectivity index (χ3n) is 2.97. The van der Waals surface area contributed by atoms with E-state index in [0.29, 0.717) is 10.2 Å². The summed E-state index contributed by atoms with van der Waals surface area (Å²) in [6.07, 6.45) is 1.74. The molecule has 0 fully saturated rings. The molecule has 0 bridgehead atoms. The molecule has 5 nitrogen and oxygen atoms in total. The third-order valence-corrected chi connectivity index (χ3v) is 3.37. The van der Waals surface area contributed by atoms with Crippen LogP contribution in [0.3, 0.4) is 0 Å². The number of amides is 1. The molecule has 118 valence electrons. The van der Waals surface area contributed by atoms with E-state index in [1.807, 2.05) is 31.5 Å². The number of hydrogen-bond donors (Lipinski definition) is 1. The van der Waals surface area contributed by atoms with Gasteiger partial charge in [-0.05, 0) is 68.7 Å². The molecule has 6 heteroatoms. The van der Waals surface area contributed by atoms with Crippen LogP contribution < -0.4 is 5.32 Å². The molecule has 0 radical (unpaired) electrons. The fourth-order valence-corrected chi connectivity index (χ4v) is 2.54.